The molecule has 0 aromatic carbocycles. The van der Waals surface area contributed by atoms with Crippen LogP contribution in [0, 0.1) is 12.3 Å². The molecule has 1 atom stereocenters. The van der Waals surface area contributed by atoms with Gasteiger partial charge in [-0.2, -0.15) is 4.98 Å². The van der Waals surface area contributed by atoms with Crippen molar-refractivity contribution < 1.29 is 4.52 Å². The summed E-state index contributed by atoms with van der Waals surface area (Å²) in [5.74, 6) is 2.17. The average molecular weight is 265 g/mol. The molecule has 0 saturated carbocycles. The second kappa shape index (κ2) is 5.59. The highest BCUT2D eigenvalue weighted by Crippen LogP contribution is 2.32. The highest BCUT2D eigenvalue weighted by molar-refractivity contribution is 5.80. The Hall–Kier alpha value is -1.59. The van der Waals surface area contributed by atoms with Crippen LogP contribution in [0.25, 0.3) is 0 Å². The van der Waals surface area contributed by atoms with Crippen LogP contribution in [0.5, 0.6) is 0 Å². The second-order valence-electron chi connectivity index (χ2n) is 5.47. The number of aryl methyl sites for hydroxylation is 1. The number of aromatic nitrogens is 2. The Balaban J connectivity index is 1.91. The molecule has 6 nitrogen and oxygen atoms in total. The molecule has 6 heteroatoms. The molecule has 0 spiro atoms. The lowest BCUT2D eigenvalue weighted by Gasteiger charge is -2.25. The largest absolute Gasteiger partial charge is 0.349 e. The first kappa shape index (κ1) is 13.8. The lowest BCUT2D eigenvalue weighted by atomic mass is 9.87. The van der Waals surface area contributed by atoms with Gasteiger partial charge in [0.25, 0.3) is 0 Å². The fourth-order valence-corrected chi connectivity index (χ4v) is 2.40. The number of rotatable bonds is 3. The molecule has 1 aliphatic rings. The monoisotopic (exact) mass is 265 g/mol. The van der Waals surface area contributed by atoms with Crippen molar-refractivity contribution in [2.24, 2.45) is 10.4 Å². The molecule has 1 N–H and O–H groups in total. The Kier molecular flexibility index (Phi) is 4.07. The summed E-state index contributed by atoms with van der Waals surface area (Å²) in [6.07, 6.45) is 2.41. The maximum atomic E-state index is 4.95. The van der Waals surface area contributed by atoms with Gasteiger partial charge in [-0.25, -0.2) is 0 Å². The maximum absolute atomic E-state index is 4.95. The summed E-state index contributed by atoms with van der Waals surface area (Å²) in [6, 6.07) is 0. The highest BCUT2D eigenvalue weighted by Gasteiger charge is 2.33. The Labute approximate surface area is 114 Å². The summed E-state index contributed by atoms with van der Waals surface area (Å²) < 4.78 is 4.95. The average Bonchev–Trinajstić information content (AvgIpc) is 2.98. The molecular formula is C13H23N5O. The molecule has 2 heterocycles. The van der Waals surface area contributed by atoms with Crippen molar-refractivity contribution in [2.75, 3.05) is 20.1 Å². The van der Waals surface area contributed by atoms with Gasteiger partial charge in [-0.3, -0.25) is 4.99 Å². The summed E-state index contributed by atoms with van der Waals surface area (Å²) >= 11 is 0. The Morgan fingerprint density at radius 3 is 2.89 bits per heavy atom. The Bertz CT molecular complexity index is 456. The van der Waals surface area contributed by atoms with Crippen LogP contribution in [-0.2, 0) is 6.54 Å². The minimum Gasteiger partial charge on any atom is -0.349 e. The van der Waals surface area contributed by atoms with Crippen molar-refractivity contribution in [3.8, 4) is 0 Å². The van der Waals surface area contributed by atoms with E-state index in [1.165, 1.54) is 12.8 Å². The molecule has 1 aromatic rings. The minimum atomic E-state index is 0.403. The van der Waals surface area contributed by atoms with E-state index in [-0.39, 0.29) is 0 Å². The predicted molar refractivity (Wildman–Crippen MR) is 73.8 cm³/mol. The van der Waals surface area contributed by atoms with Crippen LogP contribution in [0.1, 0.15) is 38.4 Å². The molecule has 1 aliphatic heterocycles. The molecule has 19 heavy (non-hydrogen) atoms. The summed E-state index contributed by atoms with van der Waals surface area (Å²) in [6.45, 7) is 9.02. The van der Waals surface area contributed by atoms with Gasteiger partial charge in [-0.05, 0) is 18.3 Å². The number of aliphatic imine (C=N–C) groups is 1. The zero-order valence-electron chi connectivity index (χ0n) is 12.2. The van der Waals surface area contributed by atoms with Gasteiger partial charge in [-0.1, -0.05) is 19.0 Å². The van der Waals surface area contributed by atoms with Crippen LogP contribution in [0.4, 0.5) is 0 Å². The highest BCUT2D eigenvalue weighted by atomic mass is 16.5. The fourth-order valence-electron chi connectivity index (χ4n) is 2.40. The van der Waals surface area contributed by atoms with Gasteiger partial charge in [0.1, 0.15) is 0 Å². The smallest absolute Gasteiger partial charge is 0.223 e. The molecule has 0 amide bonds. The molecule has 0 aliphatic carbocycles. The van der Waals surface area contributed by atoms with Gasteiger partial charge in [-0.15, -0.1) is 0 Å². The standard InChI is InChI=1S/C13H23N5O/c1-5-13(3)6-7-18(9-13)12(14-4)15-8-11-16-10(2)19-17-11/h5-9H2,1-4H3,(H,14,15). The van der Waals surface area contributed by atoms with Crippen molar-refractivity contribution >= 4 is 5.96 Å². The Morgan fingerprint density at radius 2 is 2.37 bits per heavy atom. The SMILES string of the molecule is CCC1(C)CCN(C(=NC)NCc2noc(C)n2)C1. The number of hydrogen-bond acceptors (Lipinski definition) is 4. The van der Waals surface area contributed by atoms with Crippen LogP contribution in [0.2, 0.25) is 0 Å². The number of likely N-dealkylation sites (tertiary alicyclic amines) is 1. The van der Waals surface area contributed by atoms with Crippen molar-refractivity contribution in [3.05, 3.63) is 11.7 Å². The molecular weight excluding hydrogens is 242 g/mol. The molecule has 0 bridgehead atoms. The second-order valence-corrected chi connectivity index (χ2v) is 5.47. The van der Waals surface area contributed by atoms with E-state index in [0.717, 1.165) is 19.0 Å². The molecule has 0 radical (unpaired) electrons. The fraction of sp³-hybridized carbons (Fsp3) is 0.769. The van der Waals surface area contributed by atoms with Crippen LogP contribution in [0.15, 0.2) is 9.52 Å². The van der Waals surface area contributed by atoms with Gasteiger partial charge < -0.3 is 14.7 Å². The van der Waals surface area contributed by atoms with Crippen LogP contribution < -0.4 is 5.32 Å². The number of guanidine groups is 1. The van der Waals surface area contributed by atoms with Gasteiger partial charge in [0.2, 0.25) is 5.89 Å². The molecule has 1 fully saturated rings. The first-order valence-electron chi connectivity index (χ1n) is 6.81. The van der Waals surface area contributed by atoms with E-state index in [1.54, 1.807) is 6.92 Å². The number of nitrogens with zero attached hydrogens (tertiary/aromatic N) is 4. The molecule has 1 aromatic heterocycles. The first-order chi connectivity index (χ1) is 9.06. The molecule has 2 rings (SSSR count). The van der Waals surface area contributed by atoms with Crippen LogP contribution in [-0.4, -0.2) is 41.1 Å². The normalized spacial score (nSPS) is 24.0. The van der Waals surface area contributed by atoms with E-state index in [4.69, 9.17) is 4.52 Å². The van der Waals surface area contributed by atoms with Crippen molar-refractivity contribution in [2.45, 2.75) is 40.2 Å². The third kappa shape index (κ3) is 3.24. The zero-order chi connectivity index (χ0) is 13.9. The van der Waals surface area contributed by atoms with Gasteiger partial charge in [0.05, 0.1) is 6.54 Å². The lowest BCUT2D eigenvalue weighted by Crippen LogP contribution is -2.40. The van der Waals surface area contributed by atoms with Gasteiger partial charge in [0, 0.05) is 27.1 Å². The lowest BCUT2D eigenvalue weighted by molar-refractivity contribution is 0.321. The van der Waals surface area contributed by atoms with Crippen molar-refractivity contribution in [3.63, 3.8) is 0 Å². The summed E-state index contributed by atoms with van der Waals surface area (Å²) in [5.41, 5.74) is 0.403. The molecule has 1 unspecified atom stereocenters. The van der Waals surface area contributed by atoms with Crippen molar-refractivity contribution in [1.29, 1.82) is 0 Å². The van der Waals surface area contributed by atoms with E-state index >= 15 is 0 Å². The summed E-state index contributed by atoms with van der Waals surface area (Å²) in [5, 5.41) is 7.17. The maximum Gasteiger partial charge on any atom is 0.223 e. The Morgan fingerprint density at radius 1 is 1.58 bits per heavy atom. The van der Waals surface area contributed by atoms with Crippen molar-refractivity contribution in [1.82, 2.24) is 20.4 Å². The van der Waals surface area contributed by atoms with E-state index < -0.39 is 0 Å². The quantitative estimate of drug-likeness (QED) is 0.664. The third-order valence-electron chi connectivity index (χ3n) is 3.90. The van der Waals surface area contributed by atoms with E-state index in [0.29, 0.717) is 23.7 Å². The number of nitrogens with one attached hydrogen (secondary N) is 1. The van der Waals surface area contributed by atoms with E-state index in [2.05, 4.69) is 39.2 Å². The first-order valence-corrected chi connectivity index (χ1v) is 6.81. The summed E-state index contributed by atoms with van der Waals surface area (Å²) in [7, 11) is 1.81. The van der Waals surface area contributed by atoms with Gasteiger partial charge >= 0.3 is 0 Å². The van der Waals surface area contributed by atoms with Crippen LogP contribution in [0.3, 0.4) is 0 Å². The van der Waals surface area contributed by atoms with E-state index in [9.17, 15) is 0 Å². The molecule has 106 valence electrons. The van der Waals surface area contributed by atoms with Crippen LogP contribution >= 0.6 is 0 Å². The zero-order valence-corrected chi connectivity index (χ0v) is 12.2. The van der Waals surface area contributed by atoms with E-state index in [1.807, 2.05) is 7.05 Å². The molecule has 1 saturated heterocycles. The third-order valence-corrected chi connectivity index (χ3v) is 3.90. The van der Waals surface area contributed by atoms with Gasteiger partial charge in [0.15, 0.2) is 11.8 Å². The topological polar surface area (TPSA) is 66.5 Å². The predicted octanol–water partition coefficient (Wildman–Crippen LogP) is 1.58. The minimum absolute atomic E-state index is 0.403. The number of hydrogen-bond donors (Lipinski definition) is 1. The summed E-state index contributed by atoms with van der Waals surface area (Å²) in [4.78, 5) is 10.8.